The average molecular weight is 263 g/mol. The van der Waals surface area contributed by atoms with Gasteiger partial charge < -0.3 is 5.32 Å². The van der Waals surface area contributed by atoms with Crippen LogP contribution in [0.3, 0.4) is 0 Å². The van der Waals surface area contributed by atoms with E-state index in [1.807, 2.05) is 12.1 Å². The number of nitrogens with zero attached hydrogens (tertiary/aromatic N) is 4. The first-order chi connectivity index (χ1) is 9.86. The Morgan fingerprint density at radius 3 is 3.05 bits per heavy atom. The highest BCUT2D eigenvalue weighted by atomic mass is 16.1. The van der Waals surface area contributed by atoms with Gasteiger partial charge >= 0.3 is 0 Å². The Labute approximate surface area is 114 Å². The van der Waals surface area contributed by atoms with E-state index in [0.29, 0.717) is 17.9 Å². The zero-order valence-corrected chi connectivity index (χ0v) is 10.3. The van der Waals surface area contributed by atoms with Crippen molar-refractivity contribution in [3.8, 4) is 11.8 Å². The lowest BCUT2D eigenvalue weighted by molar-refractivity contribution is -0.105. The van der Waals surface area contributed by atoms with Gasteiger partial charge in [-0.05, 0) is 30.2 Å². The molecule has 3 aromatic heterocycles. The number of rotatable bonds is 2. The first kappa shape index (κ1) is 11.9. The molecule has 1 amide bonds. The van der Waals surface area contributed by atoms with Crippen LogP contribution >= 0.6 is 0 Å². The van der Waals surface area contributed by atoms with E-state index in [4.69, 9.17) is 0 Å². The van der Waals surface area contributed by atoms with E-state index in [0.717, 1.165) is 11.2 Å². The van der Waals surface area contributed by atoms with Gasteiger partial charge in [0, 0.05) is 18.0 Å². The normalized spacial score (nSPS) is 9.80. The summed E-state index contributed by atoms with van der Waals surface area (Å²) in [5, 5.41) is 6.66. The van der Waals surface area contributed by atoms with Crippen molar-refractivity contribution in [3.05, 3.63) is 54.1 Å². The predicted octanol–water partition coefficient (Wildman–Crippen LogP) is 1.09. The van der Waals surface area contributed by atoms with Crippen molar-refractivity contribution in [1.29, 1.82) is 0 Å². The van der Waals surface area contributed by atoms with Crippen molar-refractivity contribution in [1.82, 2.24) is 19.6 Å². The number of carbonyl (C=O) groups is 1. The van der Waals surface area contributed by atoms with Crippen LogP contribution in [0.2, 0.25) is 0 Å². The molecule has 0 spiro atoms. The van der Waals surface area contributed by atoms with Crippen molar-refractivity contribution < 1.29 is 4.79 Å². The van der Waals surface area contributed by atoms with Gasteiger partial charge in [-0.3, -0.25) is 4.79 Å². The molecule has 0 aliphatic carbocycles. The van der Waals surface area contributed by atoms with Crippen LogP contribution in [-0.4, -0.2) is 26.0 Å². The molecule has 3 aromatic rings. The van der Waals surface area contributed by atoms with Gasteiger partial charge in [0.25, 0.3) is 0 Å². The number of aromatic nitrogens is 4. The predicted molar refractivity (Wildman–Crippen MR) is 72.9 cm³/mol. The summed E-state index contributed by atoms with van der Waals surface area (Å²) >= 11 is 0. The lowest BCUT2D eigenvalue weighted by Crippen LogP contribution is -1.96. The maximum Gasteiger partial charge on any atom is 0.212 e. The fourth-order valence-electron chi connectivity index (χ4n) is 1.70. The summed E-state index contributed by atoms with van der Waals surface area (Å²) in [6.45, 7) is 0. The fourth-order valence-corrected chi connectivity index (χ4v) is 1.70. The third kappa shape index (κ3) is 2.33. The number of imidazole rings is 1. The molecule has 0 fully saturated rings. The number of hydrogen-bond acceptors (Lipinski definition) is 4. The van der Waals surface area contributed by atoms with Gasteiger partial charge in [-0.2, -0.15) is 5.10 Å². The third-order valence-electron chi connectivity index (χ3n) is 2.58. The molecule has 6 nitrogen and oxygen atoms in total. The maximum atomic E-state index is 10.4. The Balaban J connectivity index is 1.95. The van der Waals surface area contributed by atoms with Gasteiger partial charge in [-0.25, -0.2) is 14.5 Å². The van der Waals surface area contributed by atoms with E-state index < -0.39 is 0 Å². The molecule has 0 unspecified atom stereocenters. The Hall–Kier alpha value is -3.20. The highest BCUT2D eigenvalue weighted by Crippen LogP contribution is 2.06. The zero-order chi connectivity index (χ0) is 13.8. The number of fused-ring (bicyclic) bond motifs is 1. The Morgan fingerprint density at radius 2 is 2.15 bits per heavy atom. The number of carbonyl (C=O) groups excluding carboxylic acids is 1. The van der Waals surface area contributed by atoms with Crippen LogP contribution in [0.15, 0.2) is 42.9 Å². The Morgan fingerprint density at radius 1 is 1.20 bits per heavy atom. The van der Waals surface area contributed by atoms with Crippen molar-refractivity contribution in [2.75, 3.05) is 5.32 Å². The van der Waals surface area contributed by atoms with Crippen LogP contribution in [0.1, 0.15) is 11.3 Å². The van der Waals surface area contributed by atoms with Crippen LogP contribution in [0, 0.1) is 11.8 Å². The Kier molecular flexibility index (Phi) is 3.08. The lowest BCUT2D eigenvalue weighted by atomic mass is 10.2. The first-order valence-electron chi connectivity index (χ1n) is 5.84. The minimum absolute atomic E-state index is 0.461. The van der Waals surface area contributed by atoms with Crippen LogP contribution in [-0.2, 0) is 4.79 Å². The monoisotopic (exact) mass is 263 g/mol. The van der Waals surface area contributed by atoms with E-state index in [-0.39, 0.29) is 0 Å². The summed E-state index contributed by atoms with van der Waals surface area (Å²) in [6.07, 6.45) is 5.51. The van der Waals surface area contributed by atoms with Crippen molar-refractivity contribution in [2.24, 2.45) is 0 Å². The van der Waals surface area contributed by atoms with E-state index in [9.17, 15) is 4.79 Å². The molecule has 0 radical (unpaired) electrons. The molecule has 0 bridgehead atoms. The number of pyridine rings is 1. The summed E-state index contributed by atoms with van der Waals surface area (Å²) in [6, 6.07) is 7.13. The zero-order valence-electron chi connectivity index (χ0n) is 10.3. The van der Waals surface area contributed by atoms with Crippen LogP contribution < -0.4 is 5.32 Å². The third-order valence-corrected chi connectivity index (χ3v) is 2.58. The molecule has 3 rings (SSSR count). The van der Waals surface area contributed by atoms with E-state index in [1.54, 1.807) is 35.2 Å². The summed E-state index contributed by atoms with van der Waals surface area (Å²) in [5.41, 5.74) is 2.19. The molecular weight excluding hydrogens is 254 g/mol. The van der Waals surface area contributed by atoms with Gasteiger partial charge in [-0.15, -0.1) is 0 Å². The van der Waals surface area contributed by atoms with E-state index in [1.165, 1.54) is 0 Å². The summed E-state index contributed by atoms with van der Waals surface area (Å²) < 4.78 is 1.67. The lowest BCUT2D eigenvalue weighted by Gasteiger charge is -1.96. The standard InChI is InChI=1S/C14H9N5O/c20-10-17-13-8-11(5-7-15-13)3-4-12-9-16-14-2-1-6-18-19(12)14/h1-2,5-10H,(H,15,17,20). The molecule has 6 heteroatoms. The molecule has 0 aromatic carbocycles. The van der Waals surface area contributed by atoms with Crippen molar-refractivity contribution in [3.63, 3.8) is 0 Å². The molecule has 0 atom stereocenters. The van der Waals surface area contributed by atoms with Crippen LogP contribution in [0.4, 0.5) is 5.82 Å². The molecule has 0 aliphatic heterocycles. The second-order valence-corrected chi connectivity index (χ2v) is 3.88. The second-order valence-electron chi connectivity index (χ2n) is 3.88. The fraction of sp³-hybridized carbons (Fsp3) is 0. The molecule has 0 saturated heterocycles. The van der Waals surface area contributed by atoms with E-state index >= 15 is 0 Å². The molecule has 0 saturated carbocycles. The van der Waals surface area contributed by atoms with Gasteiger partial charge in [0.1, 0.15) is 11.5 Å². The van der Waals surface area contributed by atoms with Crippen LogP contribution in [0.5, 0.6) is 0 Å². The van der Waals surface area contributed by atoms with Crippen molar-refractivity contribution >= 4 is 17.9 Å². The highest BCUT2D eigenvalue weighted by Gasteiger charge is 1.99. The summed E-state index contributed by atoms with van der Waals surface area (Å²) in [7, 11) is 0. The maximum absolute atomic E-state index is 10.4. The molecule has 20 heavy (non-hydrogen) atoms. The first-order valence-corrected chi connectivity index (χ1v) is 5.84. The van der Waals surface area contributed by atoms with Gasteiger partial charge in [0.15, 0.2) is 5.65 Å². The second kappa shape index (κ2) is 5.20. The number of amides is 1. The minimum atomic E-state index is 0.461. The van der Waals surface area contributed by atoms with Gasteiger partial charge in [0.05, 0.1) is 6.20 Å². The quantitative estimate of drug-likeness (QED) is 0.555. The smallest absolute Gasteiger partial charge is 0.212 e. The minimum Gasteiger partial charge on any atom is -0.313 e. The summed E-state index contributed by atoms with van der Waals surface area (Å²) in [5.74, 6) is 6.45. The average Bonchev–Trinajstić information content (AvgIpc) is 2.89. The van der Waals surface area contributed by atoms with Gasteiger partial charge in [-0.1, -0.05) is 5.92 Å². The molecular formula is C14H9N5O. The molecule has 96 valence electrons. The van der Waals surface area contributed by atoms with E-state index in [2.05, 4.69) is 32.2 Å². The van der Waals surface area contributed by atoms with Crippen LogP contribution in [0.25, 0.3) is 5.65 Å². The van der Waals surface area contributed by atoms with Crippen molar-refractivity contribution in [2.45, 2.75) is 0 Å². The SMILES string of the molecule is O=CNc1cc(C#Cc2cnc3cccnn23)ccn1. The Bertz CT molecular complexity index is 828. The highest BCUT2D eigenvalue weighted by molar-refractivity contribution is 5.69. The number of hydrogen-bond donors (Lipinski definition) is 1. The molecule has 0 aliphatic rings. The molecule has 3 heterocycles. The number of anilines is 1. The topological polar surface area (TPSA) is 72.2 Å². The largest absolute Gasteiger partial charge is 0.313 e. The number of nitrogens with one attached hydrogen (secondary N) is 1. The van der Waals surface area contributed by atoms with Gasteiger partial charge in [0.2, 0.25) is 6.41 Å². The molecule has 1 N–H and O–H groups in total. The summed E-state index contributed by atoms with van der Waals surface area (Å²) in [4.78, 5) is 18.6.